The van der Waals surface area contributed by atoms with Gasteiger partial charge in [0.2, 0.25) is 0 Å². The van der Waals surface area contributed by atoms with Crippen LogP contribution in [0.4, 0.5) is 5.69 Å². The lowest BCUT2D eigenvalue weighted by Crippen LogP contribution is -2.30. The Labute approximate surface area is 201 Å². The second-order valence-electron chi connectivity index (χ2n) is 9.16. The van der Waals surface area contributed by atoms with E-state index >= 15 is 0 Å². The number of hydrogen-bond acceptors (Lipinski definition) is 3. The molecule has 5 nitrogen and oxygen atoms in total. The van der Waals surface area contributed by atoms with Gasteiger partial charge in [0.05, 0.1) is 30.6 Å². The minimum Gasteiger partial charge on any atom is -0.495 e. The summed E-state index contributed by atoms with van der Waals surface area (Å²) in [6, 6.07) is 17.1. The van der Waals surface area contributed by atoms with Crippen molar-refractivity contribution in [3.05, 3.63) is 77.4 Å². The molecule has 1 aliphatic carbocycles. The highest BCUT2D eigenvalue weighted by Crippen LogP contribution is 2.46. The third-order valence-electron chi connectivity index (χ3n) is 7.22. The fourth-order valence-electron chi connectivity index (χ4n) is 5.76. The van der Waals surface area contributed by atoms with E-state index in [1.165, 1.54) is 49.1 Å². The zero-order chi connectivity index (χ0) is 22.9. The molecule has 2 atom stereocenters. The van der Waals surface area contributed by atoms with Crippen molar-refractivity contribution in [3.8, 4) is 5.75 Å². The van der Waals surface area contributed by atoms with Crippen LogP contribution in [0.25, 0.3) is 0 Å². The lowest BCUT2D eigenvalue weighted by molar-refractivity contribution is 0.345. The van der Waals surface area contributed by atoms with Crippen LogP contribution in [-0.2, 0) is 0 Å². The van der Waals surface area contributed by atoms with Crippen molar-refractivity contribution in [2.24, 2.45) is 0 Å². The molecule has 3 heterocycles. The van der Waals surface area contributed by atoms with Gasteiger partial charge in [-0.15, -0.1) is 0 Å². The molecule has 0 bridgehead atoms. The number of para-hydroxylation sites is 2. The zero-order valence-electron chi connectivity index (χ0n) is 19.6. The third kappa shape index (κ3) is 3.90. The largest absolute Gasteiger partial charge is 0.495 e. The van der Waals surface area contributed by atoms with Crippen LogP contribution >= 0.6 is 12.2 Å². The fraction of sp³-hybridized carbons (Fsp3) is 0.407. The SMILES string of the molecule is COc1ccccc1N1C(=S)N[C@H](c2ccccn2)[C@H]1c1cc(C)n(C2CCCCC2)c1C. The molecular formula is C27H32N4OS. The second kappa shape index (κ2) is 9.18. The molecular weight excluding hydrogens is 428 g/mol. The summed E-state index contributed by atoms with van der Waals surface area (Å²) in [5.74, 6) is 0.814. The van der Waals surface area contributed by atoms with E-state index in [9.17, 15) is 0 Å². The average molecular weight is 461 g/mol. The maximum Gasteiger partial charge on any atom is 0.174 e. The van der Waals surface area contributed by atoms with Crippen molar-refractivity contribution >= 4 is 23.0 Å². The predicted octanol–water partition coefficient (Wildman–Crippen LogP) is 6.19. The number of rotatable bonds is 5. The van der Waals surface area contributed by atoms with Crippen LogP contribution in [0.15, 0.2) is 54.7 Å². The third-order valence-corrected chi connectivity index (χ3v) is 7.54. The number of pyridine rings is 1. The molecule has 1 saturated carbocycles. The topological polar surface area (TPSA) is 42.3 Å². The van der Waals surface area contributed by atoms with Crippen LogP contribution in [0.2, 0.25) is 0 Å². The maximum atomic E-state index is 5.92. The monoisotopic (exact) mass is 460 g/mol. The second-order valence-corrected chi connectivity index (χ2v) is 9.54. The molecule has 1 aliphatic heterocycles. The van der Waals surface area contributed by atoms with Gasteiger partial charge < -0.3 is 19.5 Å². The summed E-state index contributed by atoms with van der Waals surface area (Å²) < 4.78 is 8.31. The first kappa shape index (κ1) is 22.0. The van der Waals surface area contributed by atoms with Crippen LogP contribution in [0, 0.1) is 13.8 Å². The van der Waals surface area contributed by atoms with Crippen molar-refractivity contribution in [2.75, 3.05) is 12.0 Å². The van der Waals surface area contributed by atoms with E-state index in [0.717, 1.165) is 17.1 Å². The molecule has 1 aromatic carbocycles. The quantitative estimate of drug-likeness (QED) is 0.460. The Morgan fingerprint density at radius 1 is 1.03 bits per heavy atom. The summed E-state index contributed by atoms with van der Waals surface area (Å²) in [6.45, 7) is 4.52. The number of anilines is 1. The Balaban J connectivity index is 1.65. The van der Waals surface area contributed by atoms with E-state index < -0.39 is 0 Å². The number of benzene rings is 1. The lowest BCUT2D eigenvalue weighted by Gasteiger charge is -2.30. The first-order valence-corrected chi connectivity index (χ1v) is 12.3. The van der Waals surface area contributed by atoms with E-state index in [-0.39, 0.29) is 12.1 Å². The van der Waals surface area contributed by atoms with Gasteiger partial charge >= 0.3 is 0 Å². The molecule has 33 heavy (non-hydrogen) atoms. The Morgan fingerprint density at radius 2 is 1.79 bits per heavy atom. The number of ether oxygens (including phenoxy) is 1. The Kier molecular flexibility index (Phi) is 6.11. The first-order chi connectivity index (χ1) is 16.1. The van der Waals surface area contributed by atoms with Gasteiger partial charge in [-0.2, -0.15) is 0 Å². The van der Waals surface area contributed by atoms with Crippen LogP contribution < -0.4 is 15.0 Å². The maximum absolute atomic E-state index is 5.92. The number of aromatic nitrogens is 2. The first-order valence-electron chi connectivity index (χ1n) is 11.9. The Bertz CT molecular complexity index is 1140. The summed E-state index contributed by atoms with van der Waals surface area (Å²) in [5.41, 5.74) is 5.92. The van der Waals surface area contributed by atoms with E-state index in [0.29, 0.717) is 11.2 Å². The van der Waals surface area contributed by atoms with Gasteiger partial charge in [0.1, 0.15) is 5.75 Å². The van der Waals surface area contributed by atoms with Crippen LogP contribution in [0.1, 0.15) is 72.9 Å². The van der Waals surface area contributed by atoms with Crippen molar-refractivity contribution in [2.45, 2.75) is 64.1 Å². The van der Waals surface area contributed by atoms with Crippen LogP contribution in [-0.4, -0.2) is 21.8 Å². The van der Waals surface area contributed by atoms with Gasteiger partial charge in [-0.1, -0.05) is 37.5 Å². The standard InChI is InChI=1S/C27H32N4OS/c1-18-17-21(19(2)30(18)20-11-5-4-6-12-20)26-25(22-13-9-10-16-28-22)29-27(33)31(26)23-14-7-8-15-24(23)32-3/h7-10,13-17,20,25-26H,4-6,11-12H2,1-3H3,(H,29,33)/t25-,26-/m1/s1. The van der Waals surface area contributed by atoms with Gasteiger partial charge in [0, 0.05) is 23.6 Å². The summed E-state index contributed by atoms with van der Waals surface area (Å²) in [5, 5.41) is 4.28. The molecule has 1 saturated heterocycles. The van der Waals surface area contributed by atoms with E-state index in [4.69, 9.17) is 21.9 Å². The van der Waals surface area contributed by atoms with Crippen molar-refractivity contribution in [3.63, 3.8) is 0 Å². The highest BCUT2D eigenvalue weighted by molar-refractivity contribution is 7.80. The molecule has 6 heteroatoms. The smallest absolute Gasteiger partial charge is 0.174 e. The molecule has 5 rings (SSSR count). The van der Waals surface area contributed by atoms with Crippen molar-refractivity contribution in [1.82, 2.24) is 14.9 Å². The summed E-state index contributed by atoms with van der Waals surface area (Å²) in [7, 11) is 1.71. The molecule has 1 N–H and O–H groups in total. The molecule has 0 amide bonds. The molecule has 3 aromatic rings. The highest BCUT2D eigenvalue weighted by atomic mass is 32.1. The van der Waals surface area contributed by atoms with Gasteiger partial charge in [-0.25, -0.2) is 0 Å². The van der Waals surface area contributed by atoms with Gasteiger partial charge in [-0.3, -0.25) is 4.98 Å². The predicted molar refractivity (Wildman–Crippen MR) is 137 cm³/mol. The number of hydrogen-bond donors (Lipinski definition) is 1. The Hall–Kier alpha value is -2.86. The minimum atomic E-state index is -0.0519. The Morgan fingerprint density at radius 3 is 2.52 bits per heavy atom. The van der Waals surface area contributed by atoms with Gasteiger partial charge in [0.15, 0.2) is 5.11 Å². The molecule has 2 aromatic heterocycles. The van der Waals surface area contributed by atoms with Crippen LogP contribution in [0.3, 0.4) is 0 Å². The highest BCUT2D eigenvalue weighted by Gasteiger charge is 2.43. The molecule has 2 aliphatic rings. The summed E-state index contributed by atoms with van der Waals surface area (Å²) in [4.78, 5) is 6.93. The number of aryl methyl sites for hydroxylation is 1. The number of nitrogens with one attached hydrogen (secondary N) is 1. The minimum absolute atomic E-state index is 0.0211. The lowest BCUT2D eigenvalue weighted by atomic mass is 9.94. The molecule has 0 spiro atoms. The van der Waals surface area contributed by atoms with E-state index in [2.05, 4.69) is 46.8 Å². The number of methoxy groups -OCH3 is 1. The van der Waals surface area contributed by atoms with Gasteiger partial charge in [-0.05, 0) is 74.8 Å². The molecule has 0 radical (unpaired) electrons. The van der Waals surface area contributed by atoms with Crippen molar-refractivity contribution < 1.29 is 4.74 Å². The number of thiocarbonyl (C=S) groups is 1. The molecule has 172 valence electrons. The summed E-state index contributed by atoms with van der Waals surface area (Å²) >= 11 is 5.92. The van der Waals surface area contributed by atoms with Crippen molar-refractivity contribution in [1.29, 1.82) is 0 Å². The zero-order valence-corrected chi connectivity index (χ0v) is 20.4. The normalized spacial score (nSPS) is 21.3. The molecule has 0 unspecified atom stereocenters. The number of nitrogens with zero attached hydrogens (tertiary/aromatic N) is 3. The van der Waals surface area contributed by atoms with Crippen LogP contribution in [0.5, 0.6) is 5.75 Å². The molecule has 2 fully saturated rings. The van der Waals surface area contributed by atoms with Gasteiger partial charge in [0.25, 0.3) is 0 Å². The average Bonchev–Trinajstić information content (AvgIpc) is 3.35. The van der Waals surface area contributed by atoms with E-state index in [1.54, 1.807) is 7.11 Å². The fourth-order valence-corrected chi connectivity index (χ4v) is 6.10. The summed E-state index contributed by atoms with van der Waals surface area (Å²) in [6.07, 6.45) is 8.36. The van der Waals surface area contributed by atoms with E-state index in [1.807, 2.05) is 36.5 Å².